The Morgan fingerprint density at radius 3 is 3.11 bits per heavy atom. The van der Waals surface area contributed by atoms with Crippen LogP contribution in [-0.2, 0) is 16.0 Å². The Morgan fingerprint density at radius 2 is 2.39 bits per heavy atom. The van der Waals surface area contributed by atoms with E-state index in [1.54, 1.807) is 0 Å². The molecule has 3 N–H and O–H groups in total. The zero-order valence-electron chi connectivity index (χ0n) is 10.5. The number of amides is 1. The van der Waals surface area contributed by atoms with Crippen LogP contribution >= 0.6 is 0 Å². The van der Waals surface area contributed by atoms with Crippen molar-refractivity contribution >= 4 is 11.6 Å². The van der Waals surface area contributed by atoms with E-state index in [1.165, 1.54) is 5.56 Å². The second-order valence-electron chi connectivity index (χ2n) is 4.58. The largest absolute Gasteiger partial charge is 0.368 e. The summed E-state index contributed by atoms with van der Waals surface area (Å²) in [7, 11) is 0. The number of anilines is 1. The van der Waals surface area contributed by atoms with Crippen LogP contribution in [-0.4, -0.2) is 25.2 Å². The van der Waals surface area contributed by atoms with Crippen molar-refractivity contribution in [3.63, 3.8) is 0 Å². The van der Waals surface area contributed by atoms with Gasteiger partial charge in [0, 0.05) is 12.3 Å². The molecule has 1 saturated heterocycles. The number of hydrogen-bond donors (Lipinski definition) is 2. The van der Waals surface area contributed by atoms with Crippen LogP contribution in [0.15, 0.2) is 24.3 Å². The van der Waals surface area contributed by atoms with Gasteiger partial charge in [-0.3, -0.25) is 4.79 Å². The number of aryl methyl sites for hydroxylation is 1. The first-order valence-corrected chi connectivity index (χ1v) is 6.51. The summed E-state index contributed by atoms with van der Waals surface area (Å²) in [6, 6.07) is 7.91. The van der Waals surface area contributed by atoms with Gasteiger partial charge in [-0.25, -0.2) is 0 Å². The van der Waals surface area contributed by atoms with Crippen molar-refractivity contribution in [1.29, 1.82) is 0 Å². The molecule has 0 radical (unpaired) electrons. The second kappa shape index (κ2) is 6.52. The van der Waals surface area contributed by atoms with Crippen LogP contribution in [0.4, 0.5) is 5.69 Å². The highest BCUT2D eigenvalue weighted by Gasteiger charge is 2.23. The number of rotatable bonds is 5. The number of ether oxygens (including phenoxy) is 1. The SMILES string of the molecule is NCCCc1cccc(NC(=O)C2CCCO2)c1. The van der Waals surface area contributed by atoms with Gasteiger partial charge in [-0.2, -0.15) is 0 Å². The topological polar surface area (TPSA) is 64.3 Å². The van der Waals surface area contributed by atoms with Gasteiger partial charge in [0.25, 0.3) is 5.91 Å². The molecule has 1 unspecified atom stereocenters. The molecule has 1 aliphatic rings. The average molecular weight is 248 g/mol. The number of hydrogen-bond acceptors (Lipinski definition) is 3. The number of benzene rings is 1. The minimum Gasteiger partial charge on any atom is -0.368 e. The van der Waals surface area contributed by atoms with Gasteiger partial charge in [-0.05, 0) is 49.9 Å². The molecule has 4 heteroatoms. The molecule has 0 aliphatic carbocycles. The molecule has 98 valence electrons. The van der Waals surface area contributed by atoms with E-state index in [1.807, 2.05) is 18.2 Å². The van der Waals surface area contributed by atoms with Crippen LogP contribution in [0.1, 0.15) is 24.8 Å². The summed E-state index contributed by atoms with van der Waals surface area (Å²) < 4.78 is 5.35. The summed E-state index contributed by atoms with van der Waals surface area (Å²) >= 11 is 0. The van der Waals surface area contributed by atoms with Crippen molar-refractivity contribution in [2.45, 2.75) is 31.8 Å². The van der Waals surface area contributed by atoms with Gasteiger partial charge >= 0.3 is 0 Å². The molecule has 1 amide bonds. The quantitative estimate of drug-likeness (QED) is 0.833. The molecule has 1 atom stereocenters. The monoisotopic (exact) mass is 248 g/mol. The molecule has 1 aromatic rings. The predicted octanol–water partition coefficient (Wildman–Crippen LogP) is 1.70. The number of carbonyl (C=O) groups excluding carboxylic acids is 1. The molecule has 0 saturated carbocycles. The van der Waals surface area contributed by atoms with Crippen LogP contribution in [0.25, 0.3) is 0 Å². The van der Waals surface area contributed by atoms with Crippen LogP contribution in [0, 0.1) is 0 Å². The van der Waals surface area contributed by atoms with Crippen molar-refractivity contribution in [3.8, 4) is 0 Å². The lowest BCUT2D eigenvalue weighted by molar-refractivity contribution is -0.124. The molecule has 0 aromatic heterocycles. The minimum absolute atomic E-state index is 0.0384. The molecule has 1 heterocycles. The Balaban J connectivity index is 1.93. The van der Waals surface area contributed by atoms with E-state index in [2.05, 4.69) is 11.4 Å². The van der Waals surface area contributed by atoms with E-state index < -0.39 is 0 Å². The molecular weight excluding hydrogens is 228 g/mol. The zero-order valence-corrected chi connectivity index (χ0v) is 10.5. The molecule has 1 aromatic carbocycles. The van der Waals surface area contributed by atoms with Crippen LogP contribution < -0.4 is 11.1 Å². The number of nitrogens with two attached hydrogens (primary N) is 1. The van der Waals surface area contributed by atoms with Gasteiger partial charge in [-0.15, -0.1) is 0 Å². The van der Waals surface area contributed by atoms with Crippen molar-refractivity contribution in [2.24, 2.45) is 5.73 Å². The Morgan fingerprint density at radius 1 is 1.50 bits per heavy atom. The molecule has 2 rings (SSSR count). The number of nitrogens with one attached hydrogen (secondary N) is 1. The summed E-state index contributed by atoms with van der Waals surface area (Å²) in [5.74, 6) is -0.0384. The molecule has 0 bridgehead atoms. The van der Waals surface area contributed by atoms with Gasteiger partial charge in [0.15, 0.2) is 0 Å². The van der Waals surface area contributed by atoms with E-state index in [-0.39, 0.29) is 12.0 Å². The van der Waals surface area contributed by atoms with Crippen molar-refractivity contribution < 1.29 is 9.53 Å². The Bertz CT molecular complexity index is 401. The van der Waals surface area contributed by atoms with Crippen LogP contribution in [0.2, 0.25) is 0 Å². The molecule has 0 spiro atoms. The highest BCUT2D eigenvalue weighted by atomic mass is 16.5. The van der Waals surface area contributed by atoms with Gasteiger partial charge in [0.2, 0.25) is 0 Å². The van der Waals surface area contributed by atoms with Gasteiger partial charge < -0.3 is 15.8 Å². The van der Waals surface area contributed by atoms with E-state index in [0.29, 0.717) is 13.2 Å². The maximum Gasteiger partial charge on any atom is 0.253 e. The first kappa shape index (κ1) is 13.1. The average Bonchev–Trinajstić information content (AvgIpc) is 2.91. The Hall–Kier alpha value is -1.39. The molecule has 4 nitrogen and oxygen atoms in total. The van der Waals surface area contributed by atoms with E-state index in [9.17, 15) is 4.79 Å². The smallest absolute Gasteiger partial charge is 0.253 e. The lowest BCUT2D eigenvalue weighted by Gasteiger charge is -2.11. The third kappa shape index (κ3) is 3.55. The fourth-order valence-electron chi connectivity index (χ4n) is 2.12. The van der Waals surface area contributed by atoms with Crippen molar-refractivity contribution in [3.05, 3.63) is 29.8 Å². The summed E-state index contributed by atoms with van der Waals surface area (Å²) in [6.45, 7) is 1.38. The minimum atomic E-state index is -0.280. The van der Waals surface area contributed by atoms with Gasteiger partial charge in [0.1, 0.15) is 6.10 Å². The van der Waals surface area contributed by atoms with Gasteiger partial charge in [0.05, 0.1) is 0 Å². The Labute approximate surface area is 108 Å². The third-order valence-corrected chi connectivity index (χ3v) is 3.09. The van der Waals surface area contributed by atoms with E-state index in [0.717, 1.165) is 31.4 Å². The Kier molecular flexibility index (Phi) is 4.73. The summed E-state index contributed by atoms with van der Waals surface area (Å²) in [4.78, 5) is 11.9. The van der Waals surface area contributed by atoms with Crippen molar-refractivity contribution in [1.82, 2.24) is 0 Å². The van der Waals surface area contributed by atoms with E-state index in [4.69, 9.17) is 10.5 Å². The number of carbonyl (C=O) groups is 1. The van der Waals surface area contributed by atoms with Crippen LogP contribution in [0.5, 0.6) is 0 Å². The predicted molar refractivity (Wildman–Crippen MR) is 71.4 cm³/mol. The normalized spacial score (nSPS) is 18.8. The summed E-state index contributed by atoms with van der Waals surface area (Å²) in [5.41, 5.74) is 7.53. The molecule has 1 fully saturated rings. The first-order chi connectivity index (χ1) is 8.79. The molecular formula is C14H20N2O2. The second-order valence-corrected chi connectivity index (χ2v) is 4.58. The molecule has 18 heavy (non-hydrogen) atoms. The first-order valence-electron chi connectivity index (χ1n) is 6.51. The lowest BCUT2D eigenvalue weighted by Crippen LogP contribution is -2.26. The zero-order chi connectivity index (χ0) is 12.8. The highest BCUT2D eigenvalue weighted by molar-refractivity contribution is 5.94. The maximum atomic E-state index is 11.9. The highest BCUT2D eigenvalue weighted by Crippen LogP contribution is 2.16. The van der Waals surface area contributed by atoms with Crippen molar-refractivity contribution in [2.75, 3.05) is 18.5 Å². The van der Waals surface area contributed by atoms with Crippen LogP contribution in [0.3, 0.4) is 0 Å². The lowest BCUT2D eigenvalue weighted by atomic mass is 10.1. The summed E-state index contributed by atoms with van der Waals surface area (Å²) in [6.07, 6.45) is 3.41. The third-order valence-electron chi connectivity index (χ3n) is 3.09. The summed E-state index contributed by atoms with van der Waals surface area (Å²) in [5, 5.41) is 2.91. The van der Waals surface area contributed by atoms with Gasteiger partial charge in [-0.1, -0.05) is 12.1 Å². The van der Waals surface area contributed by atoms with E-state index >= 15 is 0 Å². The fraction of sp³-hybridized carbons (Fsp3) is 0.500. The fourth-order valence-corrected chi connectivity index (χ4v) is 2.12. The molecule has 1 aliphatic heterocycles. The standard InChI is InChI=1S/C14H20N2O2/c15-8-2-5-11-4-1-6-12(10-11)16-14(17)13-7-3-9-18-13/h1,4,6,10,13H,2-3,5,7-9,15H2,(H,16,17). The maximum absolute atomic E-state index is 11.9.